The third kappa shape index (κ3) is 3.84. The van der Waals surface area contributed by atoms with Crippen LogP contribution in [0.25, 0.3) is 0 Å². The van der Waals surface area contributed by atoms with Crippen LogP contribution < -0.4 is 5.32 Å². The zero-order valence-electron chi connectivity index (χ0n) is 13.0. The lowest BCUT2D eigenvalue weighted by molar-refractivity contribution is -0.146. The van der Waals surface area contributed by atoms with Gasteiger partial charge in [-0.1, -0.05) is 23.7 Å². The molecule has 1 unspecified atom stereocenters. The van der Waals surface area contributed by atoms with Gasteiger partial charge in [-0.2, -0.15) is 0 Å². The lowest BCUT2D eigenvalue weighted by atomic mass is 10.1. The fourth-order valence-electron chi connectivity index (χ4n) is 2.98. The van der Waals surface area contributed by atoms with Crippen molar-refractivity contribution in [3.05, 3.63) is 34.9 Å². The van der Waals surface area contributed by atoms with Crippen LogP contribution in [0.4, 0.5) is 8.78 Å². The van der Waals surface area contributed by atoms with Gasteiger partial charge in [0.1, 0.15) is 0 Å². The number of rotatable bonds is 3. The normalized spacial score (nSPS) is 23.6. The summed E-state index contributed by atoms with van der Waals surface area (Å²) in [6.45, 7) is 0.611. The van der Waals surface area contributed by atoms with Gasteiger partial charge >= 0.3 is 0 Å². The van der Waals surface area contributed by atoms with Crippen molar-refractivity contribution in [3.8, 4) is 0 Å². The summed E-state index contributed by atoms with van der Waals surface area (Å²) >= 11 is 5.84. The van der Waals surface area contributed by atoms with E-state index in [1.54, 1.807) is 17.0 Å². The van der Waals surface area contributed by atoms with Gasteiger partial charge in [0.25, 0.3) is 5.92 Å². The Morgan fingerprint density at radius 3 is 2.58 bits per heavy atom. The average molecular weight is 358 g/mol. The summed E-state index contributed by atoms with van der Waals surface area (Å²) in [7, 11) is 0. The molecule has 8 heteroatoms. The van der Waals surface area contributed by atoms with E-state index >= 15 is 0 Å². The highest BCUT2D eigenvalue weighted by molar-refractivity contribution is 6.30. The van der Waals surface area contributed by atoms with Crippen LogP contribution in [-0.2, 0) is 16.1 Å². The van der Waals surface area contributed by atoms with Crippen molar-refractivity contribution in [2.24, 2.45) is 0 Å². The van der Waals surface area contributed by atoms with Gasteiger partial charge in [0, 0.05) is 31.1 Å². The number of halogens is 3. The van der Waals surface area contributed by atoms with E-state index in [0.29, 0.717) is 24.7 Å². The number of nitrogens with one attached hydrogen (secondary N) is 1. The second-order valence-corrected chi connectivity index (χ2v) is 6.63. The Labute approximate surface area is 143 Å². The summed E-state index contributed by atoms with van der Waals surface area (Å²) in [5.74, 6) is -3.47. The molecule has 1 aromatic rings. The highest BCUT2D eigenvalue weighted by Crippen LogP contribution is 2.26. The van der Waals surface area contributed by atoms with Crippen LogP contribution in [0.15, 0.2) is 24.3 Å². The zero-order chi connectivity index (χ0) is 17.3. The third-order valence-corrected chi connectivity index (χ3v) is 4.58. The Morgan fingerprint density at radius 2 is 2.00 bits per heavy atom. The highest BCUT2D eigenvalue weighted by atomic mass is 35.5. The van der Waals surface area contributed by atoms with Crippen LogP contribution in [0.3, 0.4) is 0 Å². The van der Waals surface area contributed by atoms with E-state index in [4.69, 9.17) is 11.6 Å². The van der Waals surface area contributed by atoms with Crippen molar-refractivity contribution in [1.29, 1.82) is 0 Å². The number of hydrogen-bond acceptors (Lipinski definition) is 3. The molecule has 2 aliphatic heterocycles. The minimum atomic E-state index is -2.86. The second kappa shape index (κ2) is 6.64. The maximum absolute atomic E-state index is 13.2. The molecule has 1 aromatic carbocycles. The van der Waals surface area contributed by atoms with Gasteiger partial charge < -0.3 is 9.80 Å². The number of carbonyl (C=O) groups is 2. The van der Waals surface area contributed by atoms with Crippen LogP contribution in [0.5, 0.6) is 0 Å². The molecule has 0 aliphatic carbocycles. The minimum Gasteiger partial charge on any atom is -0.335 e. The van der Waals surface area contributed by atoms with Crippen molar-refractivity contribution in [2.75, 3.05) is 26.2 Å². The quantitative estimate of drug-likeness (QED) is 0.892. The maximum Gasteiger partial charge on any atom is 0.262 e. The van der Waals surface area contributed by atoms with Gasteiger partial charge in [-0.05, 0) is 17.7 Å². The molecule has 2 aliphatic rings. The van der Waals surface area contributed by atoms with E-state index in [1.807, 2.05) is 12.1 Å². The Kier molecular flexibility index (Phi) is 4.73. The summed E-state index contributed by atoms with van der Waals surface area (Å²) in [6.07, 6.45) is -0.509. The average Bonchev–Trinajstić information content (AvgIpc) is 2.91. The van der Waals surface area contributed by atoms with Crippen LogP contribution in [0.1, 0.15) is 12.0 Å². The fraction of sp³-hybridized carbons (Fsp3) is 0.500. The summed E-state index contributed by atoms with van der Waals surface area (Å²) in [5.41, 5.74) is 0.949. The van der Waals surface area contributed by atoms with E-state index in [-0.39, 0.29) is 12.5 Å². The van der Waals surface area contributed by atoms with E-state index < -0.39 is 30.8 Å². The smallest absolute Gasteiger partial charge is 0.262 e. The van der Waals surface area contributed by atoms with E-state index in [9.17, 15) is 18.4 Å². The molecule has 2 fully saturated rings. The first kappa shape index (κ1) is 17.1. The summed E-state index contributed by atoms with van der Waals surface area (Å²) < 4.78 is 26.4. The molecule has 0 radical (unpaired) electrons. The predicted molar refractivity (Wildman–Crippen MR) is 84.8 cm³/mol. The number of nitrogens with zero attached hydrogens (tertiary/aromatic N) is 2. The standard InChI is InChI=1S/C16H18ClF2N3O2/c17-12-3-1-11(2-4-12)8-21-5-6-22(9-14(21)23)15(24)13-7-16(18,19)10-20-13/h1-4,13,20H,5-10H2. The van der Waals surface area contributed by atoms with Crippen molar-refractivity contribution in [2.45, 2.75) is 24.9 Å². The first-order chi connectivity index (χ1) is 11.3. The Morgan fingerprint density at radius 1 is 1.29 bits per heavy atom. The molecule has 5 nitrogen and oxygen atoms in total. The van der Waals surface area contributed by atoms with Crippen molar-refractivity contribution in [3.63, 3.8) is 0 Å². The Hall–Kier alpha value is -1.73. The molecule has 0 spiro atoms. The Balaban J connectivity index is 1.56. The van der Waals surface area contributed by atoms with Gasteiger partial charge in [0.2, 0.25) is 11.8 Å². The molecule has 2 heterocycles. The largest absolute Gasteiger partial charge is 0.335 e. The number of carbonyl (C=O) groups excluding carboxylic acids is 2. The summed E-state index contributed by atoms with van der Waals surface area (Å²) in [4.78, 5) is 27.6. The van der Waals surface area contributed by atoms with E-state index in [0.717, 1.165) is 5.56 Å². The van der Waals surface area contributed by atoms with Crippen molar-refractivity contribution in [1.82, 2.24) is 15.1 Å². The molecule has 24 heavy (non-hydrogen) atoms. The number of alkyl halides is 2. The lowest BCUT2D eigenvalue weighted by Gasteiger charge is -2.35. The monoisotopic (exact) mass is 357 g/mol. The van der Waals surface area contributed by atoms with Crippen molar-refractivity contribution >= 4 is 23.4 Å². The van der Waals surface area contributed by atoms with E-state index in [1.165, 1.54) is 4.90 Å². The molecule has 0 bridgehead atoms. The molecular weight excluding hydrogens is 340 g/mol. The van der Waals surface area contributed by atoms with Crippen molar-refractivity contribution < 1.29 is 18.4 Å². The predicted octanol–water partition coefficient (Wildman–Crippen LogP) is 1.51. The molecule has 1 N–H and O–H groups in total. The molecular formula is C16H18ClF2N3O2. The summed E-state index contributed by atoms with van der Waals surface area (Å²) in [5, 5.41) is 3.16. The zero-order valence-corrected chi connectivity index (χ0v) is 13.7. The Bertz CT molecular complexity index is 639. The molecule has 2 amide bonds. The molecule has 130 valence electrons. The number of amides is 2. The first-order valence-electron chi connectivity index (χ1n) is 7.76. The molecule has 2 saturated heterocycles. The summed E-state index contributed by atoms with van der Waals surface area (Å²) in [6, 6.07) is 6.30. The minimum absolute atomic E-state index is 0.0732. The second-order valence-electron chi connectivity index (χ2n) is 6.20. The SMILES string of the molecule is O=C1CN(C(=O)C2CC(F)(F)CN2)CCN1Cc1ccc(Cl)cc1. The van der Waals surface area contributed by atoms with Crippen LogP contribution in [0, 0.1) is 0 Å². The molecule has 1 atom stereocenters. The fourth-order valence-corrected chi connectivity index (χ4v) is 3.11. The first-order valence-corrected chi connectivity index (χ1v) is 8.14. The van der Waals surface area contributed by atoms with E-state index in [2.05, 4.69) is 5.32 Å². The van der Waals surface area contributed by atoms with Gasteiger partial charge in [0.15, 0.2) is 0 Å². The van der Waals surface area contributed by atoms with Gasteiger partial charge in [-0.3, -0.25) is 14.9 Å². The third-order valence-electron chi connectivity index (χ3n) is 4.32. The van der Waals surface area contributed by atoms with Crippen LogP contribution in [-0.4, -0.2) is 59.8 Å². The molecule has 3 rings (SSSR count). The van der Waals surface area contributed by atoms with Crippen LogP contribution in [0.2, 0.25) is 5.02 Å². The van der Waals surface area contributed by atoms with Gasteiger partial charge in [0.05, 0.1) is 19.1 Å². The molecule has 0 aromatic heterocycles. The molecule has 0 saturated carbocycles. The maximum atomic E-state index is 13.2. The topological polar surface area (TPSA) is 52.7 Å². The number of hydrogen-bond donors (Lipinski definition) is 1. The number of benzene rings is 1. The highest BCUT2D eigenvalue weighted by Gasteiger charge is 2.44. The lowest BCUT2D eigenvalue weighted by Crippen LogP contribution is -2.55. The number of piperazine rings is 1. The van der Waals surface area contributed by atoms with Crippen LogP contribution >= 0.6 is 11.6 Å². The van der Waals surface area contributed by atoms with Gasteiger partial charge in [-0.15, -0.1) is 0 Å². The van der Waals surface area contributed by atoms with Gasteiger partial charge in [-0.25, -0.2) is 8.78 Å².